The Morgan fingerprint density at radius 3 is 2.02 bits per heavy atom. The predicted octanol–water partition coefficient (Wildman–Crippen LogP) is 11.7. The van der Waals surface area contributed by atoms with Crippen LogP contribution in [0.3, 0.4) is 0 Å². The lowest BCUT2D eigenvalue weighted by Crippen LogP contribution is -2.21. The van der Waals surface area contributed by atoms with Crippen molar-refractivity contribution in [2.75, 3.05) is 0 Å². The fraction of sp³-hybridized carbons (Fsp3) is 0.525. The highest BCUT2D eigenvalue weighted by Gasteiger charge is 2.23. The Labute approximate surface area is 256 Å². The monoisotopic (exact) mass is 566 g/mol. The summed E-state index contributed by atoms with van der Waals surface area (Å²) >= 11 is 0. The van der Waals surface area contributed by atoms with E-state index in [9.17, 15) is 4.79 Å². The minimum atomic E-state index is -0.0601. The first-order chi connectivity index (χ1) is 20.7. The number of carbonyl (C=O) groups is 1. The topological polar surface area (TPSA) is 26.3 Å². The van der Waals surface area contributed by atoms with E-state index in [0.717, 1.165) is 44.4 Å². The van der Waals surface area contributed by atoms with E-state index in [0.29, 0.717) is 11.7 Å². The van der Waals surface area contributed by atoms with Crippen molar-refractivity contribution in [3.8, 4) is 16.9 Å². The number of carbonyl (C=O) groups excluding carboxylic acids is 1. The van der Waals surface area contributed by atoms with Gasteiger partial charge >= 0.3 is 5.97 Å². The molecule has 2 nitrogen and oxygen atoms in total. The van der Waals surface area contributed by atoms with Gasteiger partial charge in [-0.1, -0.05) is 132 Å². The number of hydrogen-bond acceptors (Lipinski definition) is 2. The quantitative estimate of drug-likeness (QED) is 0.0922. The maximum atomic E-state index is 13.2. The number of benzene rings is 3. The fourth-order valence-electron chi connectivity index (χ4n) is 6.71. The van der Waals surface area contributed by atoms with E-state index in [1.807, 2.05) is 12.1 Å². The van der Waals surface area contributed by atoms with Crippen LogP contribution >= 0.6 is 0 Å². The molecule has 0 amide bonds. The lowest BCUT2D eigenvalue weighted by molar-refractivity contribution is -0.139. The number of hydrogen-bond donors (Lipinski definition) is 0. The van der Waals surface area contributed by atoms with Crippen molar-refractivity contribution in [2.45, 2.75) is 122 Å². The first-order valence-electron chi connectivity index (χ1n) is 17.1. The van der Waals surface area contributed by atoms with Crippen LogP contribution < -0.4 is 4.74 Å². The van der Waals surface area contributed by atoms with Gasteiger partial charge in [0.25, 0.3) is 0 Å². The van der Waals surface area contributed by atoms with Gasteiger partial charge in [-0.3, -0.25) is 4.79 Å². The van der Waals surface area contributed by atoms with Crippen LogP contribution in [0.5, 0.6) is 5.75 Å². The predicted molar refractivity (Wildman–Crippen MR) is 178 cm³/mol. The van der Waals surface area contributed by atoms with Crippen molar-refractivity contribution < 1.29 is 9.53 Å². The third kappa shape index (κ3) is 10.4. The highest BCUT2D eigenvalue weighted by Crippen LogP contribution is 2.38. The number of rotatable bonds is 17. The van der Waals surface area contributed by atoms with E-state index >= 15 is 0 Å². The molecule has 42 heavy (non-hydrogen) atoms. The van der Waals surface area contributed by atoms with Crippen LogP contribution in [0.4, 0.5) is 0 Å². The molecule has 0 saturated heterocycles. The first-order valence-corrected chi connectivity index (χ1v) is 17.1. The smallest absolute Gasteiger partial charge is 0.314 e. The molecule has 0 aromatic heterocycles. The SMILES string of the molecule is CCCCCCCC1CCC(c2ccc(OC(=O)C(CCCC)CCCc3ccc(-c4ccccc4)cc3)cc2)CC1. The van der Waals surface area contributed by atoms with E-state index in [2.05, 4.69) is 80.6 Å². The molecular formula is C40H54O2. The molecule has 0 heterocycles. The van der Waals surface area contributed by atoms with E-state index in [1.165, 1.54) is 86.5 Å². The van der Waals surface area contributed by atoms with Gasteiger partial charge in [0.05, 0.1) is 5.92 Å². The zero-order chi connectivity index (χ0) is 29.4. The van der Waals surface area contributed by atoms with Crippen LogP contribution in [-0.4, -0.2) is 5.97 Å². The summed E-state index contributed by atoms with van der Waals surface area (Å²) in [5.41, 5.74) is 5.23. The largest absolute Gasteiger partial charge is 0.426 e. The van der Waals surface area contributed by atoms with Gasteiger partial charge in [0, 0.05) is 0 Å². The molecule has 0 N–H and O–H groups in total. The molecule has 0 radical (unpaired) electrons. The van der Waals surface area contributed by atoms with Gasteiger partial charge in [-0.2, -0.15) is 0 Å². The van der Waals surface area contributed by atoms with Crippen molar-refractivity contribution in [1.29, 1.82) is 0 Å². The van der Waals surface area contributed by atoms with Gasteiger partial charge in [0.2, 0.25) is 0 Å². The second-order valence-electron chi connectivity index (χ2n) is 12.7. The van der Waals surface area contributed by atoms with Gasteiger partial charge < -0.3 is 4.74 Å². The Kier molecular flexibility index (Phi) is 13.7. The molecule has 1 aliphatic rings. The lowest BCUT2D eigenvalue weighted by Gasteiger charge is -2.29. The van der Waals surface area contributed by atoms with Crippen LogP contribution in [0.25, 0.3) is 11.1 Å². The Morgan fingerprint density at radius 1 is 0.690 bits per heavy atom. The highest BCUT2D eigenvalue weighted by atomic mass is 16.5. The van der Waals surface area contributed by atoms with Crippen molar-refractivity contribution >= 4 is 5.97 Å². The summed E-state index contributed by atoms with van der Waals surface area (Å²) in [4.78, 5) is 13.2. The third-order valence-electron chi connectivity index (χ3n) is 9.45. The molecule has 1 aliphatic carbocycles. The van der Waals surface area contributed by atoms with Gasteiger partial charge in [-0.15, -0.1) is 0 Å². The van der Waals surface area contributed by atoms with Gasteiger partial charge in [-0.05, 0) is 97.6 Å². The second kappa shape index (κ2) is 17.9. The summed E-state index contributed by atoms with van der Waals surface area (Å²) in [6.45, 7) is 4.48. The van der Waals surface area contributed by atoms with E-state index in [-0.39, 0.29) is 11.9 Å². The molecule has 0 bridgehead atoms. The summed E-state index contributed by atoms with van der Waals surface area (Å²) in [7, 11) is 0. The highest BCUT2D eigenvalue weighted by molar-refractivity contribution is 5.75. The number of esters is 1. The van der Waals surface area contributed by atoms with Crippen molar-refractivity contribution in [3.63, 3.8) is 0 Å². The van der Waals surface area contributed by atoms with Crippen LogP contribution in [0, 0.1) is 11.8 Å². The van der Waals surface area contributed by atoms with Gasteiger partial charge in [0.15, 0.2) is 0 Å². The lowest BCUT2D eigenvalue weighted by atomic mass is 9.77. The number of ether oxygens (including phenoxy) is 1. The van der Waals surface area contributed by atoms with Crippen LogP contribution in [0.2, 0.25) is 0 Å². The molecule has 1 fully saturated rings. The molecule has 1 atom stereocenters. The van der Waals surface area contributed by atoms with Gasteiger partial charge in [0.1, 0.15) is 5.75 Å². The third-order valence-corrected chi connectivity index (χ3v) is 9.45. The van der Waals surface area contributed by atoms with Crippen LogP contribution in [-0.2, 0) is 11.2 Å². The minimum Gasteiger partial charge on any atom is -0.426 e. The molecule has 2 heteroatoms. The summed E-state index contributed by atoms with van der Waals surface area (Å²) < 4.78 is 5.93. The molecule has 1 saturated carbocycles. The molecule has 1 unspecified atom stereocenters. The van der Waals surface area contributed by atoms with Crippen molar-refractivity contribution in [2.24, 2.45) is 11.8 Å². The standard InChI is InChI=1S/C40H54O2/c1-3-5-7-8-10-14-32-20-26-36(27-21-32)37-28-30-39(31-29-37)42-40(41)38(16-6-4-2)19-13-15-33-22-24-35(25-23-33)34-17-11-9-12-18-34/h9,11-12,17-18,22-25,28-32,36,38H,3-8,10,13-16,19-21,26-27H2,1-2H3. The van der Waals surface area contributed by atoms with Crippen molar-refractivity contribution in [3.05, 3.63) is 90.0 Å². The molecule has 0 aliphatic heterocycles. The summed E-state index contributed by atoms with van der Waals surface area (Å²) in [5.74, 6) is 2.19. The van der Waals surface area contributed by atoms with Crippen molar-refractivity contribution in [1.82, 2.24) is 0 Å². The Hall–Kier alpha value is -2.87. The van der Waals surface area contributed by atoms with E-state index < -0.39 is 0 Å². The molecule has 226 valence electrons. The molecule has 3 aromatic rings. The second-order valence-corrected chi connectivity index (χ2v) is 12.7. The van der Waals surface area contributed by atoms with Crippen LogP contribution in [0.15, 0.2) is 78.9 Å². The zero-order valence-corrected chi connectivity index (χ0v) is 26.4. The summed E-state index contributed by atoms with van der Waals surface area (Å²) in [6.07, 6.45) is 19.6. The van der Waals surface area contributed by atoms with Gasteiger partial charge in [-0.25, -0.2) is 0 Å². The maximum absolute atomic E-state index is 13.2. The fourth-order valence-corrected chi connectivity index (χ4v) is 6.71. The van der Waals surface area contributed by atoms with Crippen LogP contribution in [0.1, 0.15) is 127 Å². The minimum absolute atomic E-state index is 0.0366. The molecule has 0 spiro atoms. The molecule has 4 rings (SSSR count). The summed E-state index contributed by atoms with van der Waals surface area (Å²) in [6, 6.07) is 27.8. The maximum Gasteiger partial charge on any atom is 0.314 e. The van der Waals surface area contributed by atoms with E-state index in [4.69, 9.17) is 4.74 Å². The average Bonchev–Trinajstić information content (AvgIpc) is 3.04. The number of aryl methyl sites for hydroxylation is 1. The Balaban J connectivity index is 1.21. The summed E-state index contributed by atoms with van der Waals surface area (Å²) in [5, 5.41) is 0. The first kappa shape index (κ1) is 32.1. The zero-order valence-electron chi connectivity index (χ0n) is 26.4. The Bertz CT molecular complexity index is 1140. The average molecular weight is 567 g/mol. The molecule has 3 aromatic carbocycles. The molecular weight excluding hydrogens is 512 g/mol. The number of unbranched alkanes of at least 4 members (excludes halogenated alkanes) is 5. The van der Waals surface area contributed by atoms with E-state index in [1.54, 1.807) is 0 Å². The Morgan fingerprint density at radius 2 is 1.33 bits per heavy atom. The normalized spacial score (nSPS) is 17.6.